The molecule has 1 saturated heterocycles. The van der Waals surface area contributed by atoms with Gasteiger partial charge in [0.25, 0.3) is 0 Å². The summed E-state index contributed by atoms with van der Waals surface area (Å²) in [6, 6.07) is 0.112. The fourth-order valence-electron chi connectivity index (χ4n) is 1.56. The van der Waals surface area contributed by atoms with Crippen LogP contribution in [0.2, 0.25) is 0 Å². The second-order valence-electron chi connectivity index (χ2n) is 3.88. The summed E-state index contributed by atoms with van der Waals surface area (Å²) in [4.78, 5) is 11.0. The van der Waals surface area contributed by atoms with Gasteiger partial charge in [-0.1, -0.05) is 26.8 Å². The lowest BCUT2D eigenvalue weighted by Crippen LogP contribution is -2.39. The predicted octanol–water partition coefficient (Wildman–Crippen LogP) is 1.94. The summed E-state index contributed by atoms with van der Waals surface area (Å²) in [5.74, 6) is 0.588. The zero-order valence-corrected chi connectivity index (χ0v) is 8.41. The summed E-state index contributed by atoms with van der Waals surface area (Å²) in [6.07, 6.45) is 1.45. The van der Waals surface area contributed by atoms with Crippen LogP contribution in [0.3, 0.4) is 0 Å². The highest BCUT2D eigenvalue weighted by molar-refractivity contribution is 5.70. The molecule has 1 aliphatic rings. The molecular weight excluding hydrogens is 166 g/mol. The molecular formula is C10H17NO2. The molecule has 0 unspecified atom stereocenters. The van der Waals surface area contributed by atoms with Crippen LogP contribution in [0.1, 0.15) is 20.8 Å². The maximum Gasteiger partial charge on any atom is 0.407 e. The van der Waals surface area contributed by atoms with E-state index in [1.54, 1.807) is 0 Å². The SMILES string of the molecule is C=C[C@H](C)[C@H]1OC(=O)N[C@H]1C(C)C. The van der Waals surface area contributed by atoms with Crippen molar-refractivity contribution in [1.82, 2.24) is 5.32 Å². The van der Waals surface area contributed by atoms with Gasteiger partial charge < -0.3 is 10.1 Å². The van der Waals surface area contributed by atoms with E-state index in [4.69, 9.17) is 4.74 Å². The van der Waals surface area contributed by atoms with E-state index in [0.29, 0.717) is 5.92 Å². The lowest BCUT2D eigenvalue weighted by Gasteiger charge is -2.23. The minimum absolute atomic E-state index is 0.0648. The summed E-state index contributed by atoms with van der Waals surface area (Å²) >= 11 is 0. The minimum Gasteiger partial charge on any atom is -0.443 e. The fourth-order valence-corrected chi connectivity index (χ4v) is 1.56. The third-order valence-corrected chi connectivity index (χ3v) is 2.49. The molecule has 1 rings (SSSR count). The van der Waals surface area contributed by atoms with Crippen LogP contribution in [0.25, 0.3) is 0 Å². The first-order valence-corrected chi connectivity index (χ1v) is 4.66. The molecule has 3 nitrogen and oxygen atoms in total. The molecule has 1 heterocycles. The van der Waals surface area contributed by atoms with E-state index < -0.39 is 0 Å². The van der Waals surface area contributed by atoms with Crippen molar-refractivity contribution in [2.24, 2.45) is 11.8 Å². The number of rotatable bonds is 3. The third kappa shape index (κ3) is 2.02. The average Bonchev–Trinajstić information content (AvgIpc) is 2.46. The van der Waals surface area contributed by atoms with Gasteiger partial charge in [0.15, 0.2) is 0 Å². The van der Waals surface area contributed by atoms with Crippen LogP contribution in [0.5, 0.6) is 0 Å². The van der Waals surface area contributed by atoms with E-state index in [-0.39, 0.29) is 24.2 Å². The molecule has 0 aromatic carbocycles. The maximum absolute atomic E-state index is 11.0. The van der Waals surface area contributed by atoms with Gasteiger partial charge in [-0.15, -0.1) is 6.58 Å². The molecule has 0 aromatic heterocycles. The Morgan fingerprint density at radius 1 is 1.54 bits per heavy atom. The molecule has 1 aliphatic heterocycles. The first-order chi connectivity index (χ1) is 6.06. The van der Waals surface area contributed by atoms with E-state index in [1.165, 1.54) is 0 Å². The van der Waals surface area contributed by atoms with Gasteiger partial charge >= 0.3 is 6.09 Å². The molecule has 13 heavy (non-hydrogen) atoms. The molecule has 3 heteroatoms. The zero-order valence-electron chi connectivity index (χ0n) is 8.41. The van der Waals surface area contributed by atoms with Crippen molar-refractivity contribution in [2.45, 2.75) is 32.9 Å². The Bertz CT molecular complexity index is 213. The number of carbonyl (C=O) groups is 1. The molecule has 0 saturated carbocycles. The van der Waals surface area contributed by atoms with Gasteiger partial charge in [0.1, 0.15) is 6.10 Å². The van der Waals surface area contributed by atoms with Crippen molar-refractivity contribution < 1.29 is 9.53 Å². The van der Waals surface area contributed by atoms with Gasteiger partial charge in [-0.25, -0.2) is 4.79 Å². The lowest BCUT2D eigenvalue weighted by molar-refractivity contribution is 0.103. The third-order valence-electron chi connectivity index (χ3n) is 2.49. The van der Waals surface area contributed by atoms with Crippen molar-refractivity contribution >= 4 is 6.09 Å². The molecule has 0 aromatic rings. The number of hydrogen-bond donors (Lipinski definition) is 1. The Morgan fingerprint density at radius 2 is 2.15 bits per heavy atom. The number of carbonyl (C=O) groups excluding carboxylic acids is 1. The molecule has 74 valence electrons. The molecule has 0 aliphatic carbocycles. The van der Waals surface area contributed by atoms with Gasteiger partial charge in [-0.3, -0.25) is 0 Å². The van der Waals surface area contributed by atoms with Crippen LogP contribution in [-0.4, -0.2) is 18.2 Å². The monoisotopic (exact) mass is 183 g/mol. The minimum atomic E-state index is -0.308. The fraction of sp³-hybridized carbons (Fsp3) is 0.700. The lowest BCUT2D eigenvalue weighted by atomic mass is 9.91. The number of cyclic esters (lactones) is 1. The van der Waals surface area contributed by atoms with Gasteiger partial charge in [0, 0.05) is 5.92 Å². The Labute approximate surface area is 79.2 Å². The highest BCUT2D eigenvalue weighted by Crippen LogP contribution is 2.23. The van der Waals surface area contributed by atoms with E-state index in [0.717, 1.165) is 0 Å². The Morgan fingerprint density at radius 3 is 2.62 bits per heavy atom. The maximum atomic E-state index is 11.0. The Hall–Kier alpha value is -0.990. The van der Waals surface area contributed by atoms with E-state index in [2.05, 4.69) is 25.7 Å². The largest absolute Gasteiger partial charge is 0.443 e. The molecule has 1 N–H and O–H groups in total. The number of alkyl carbamates (subject to hydrolysis) is 1. The normalized spacial score (nSPS) is 29.7. The van der Waals surface area contributed by atoms with Crippen LogP contribution in [0.4, 0.5) is 4.79 Å². The van der Waals surface area contributed by atoms with Crippen molar-refractivity contribution in [2.75, 3.05) is 0 Å². The Kier molecular flexibility index (Phi) is 2.96. The van der Waals surface area contributed by atoms with Crippen LogP contribution >= 0.6 is 0 Å². The van der Waals surface area contributed by atoms with E-state index in [1.807, 2.05) is 13.0 Å². The van der Waals surface area contributed by atoms with Crippen LogP contribution in [0.15, 0.2) is 12.7 Å². The van der Waals surface area contributed by atoms with Gasteiger partial charge in [0.2, 0.25) is 0 Å². The zero-order chi connectivity index (χ0) is 10.0. The van der Waals surface area contributed by atoms with Crippen LogP contribution < -0.4 is 5.32 Å². The molecule has 0 spiro atoms. The summed E-state index contributed by atoms with van der Waals surface area (Å²) in [5.41, 5.74) is 0. The molecule has 1 amide bonds. The number of nitrogens with one attached hydrogen (secondary N) is 1. The summed E-state index contributed by atoms with van der Waals surface area (Å²) < 4.78 is 5.17. The van der Waals surface area contributed by atoms with Crippen molar-refractivity contribution in [1.29, 1.82) is 0 Å². The van der Waals surface area contributed by atoms with E-state index >= 15 is 0 Å². The smallest absolute Gasteiger partial charge is 0.407 e. The van der Waals surface area contributed by atoms with Crippen molar-refractivity contribution in [3.8, 4) is 0 Å². The van der Waals surface area contributed by atoms with Crippen molar-refractivity contribution in [3.63, 3.8) is 0 Å². The highest BCUT2D eigenvalue weighted by Gasteiger charge is 2.38. The van der Waals surface area contributed by atoms with Crippen molar-refractivity contribution in [3.05, 3.63) is 12.7 Å². The van der Waals surface area contributed by atoms with Crippen LogP contribution in [-0.2, 0) is 4.74 Å². The highest BCUT2D eigenvalue weighted by atomic mass is 16.6. The quantitative estimate of drug-likeness (QED) is 0.679. The first-order valence-electron chi connectivity index (χ1n) is 4.66. The predicted molar refractivity (Wildman–Crippen MR) is 51.4 cm³/mol. The second-order valence-corrected chi connectivity index (χ2v) is 3.88. The molecule has 0 radical (unpaired) electrons. The molecule has 3 atom stereocenters. The Balaban J connectivity index is 2.71. The topological polar surface area (TPSA) is 38.3 Å². The second kappa shape index (κ2) is 3.81. The van der Waals surface area contributed by atoms with Crippen LogP contribution in [0, 0.1) is 11.8 Å². The molecule has 1 fully saturated rings. The van der Waals surface area contributed by atoms with Gasteiger partial charge in [0.05, 0.1) is 6.04 Å². The summed E-state index contributed by atoms with van der Waals surface area (Å²) in [6.45, 7) is 9.86. The van der Waals surface area contributed by atoms with E-state index in [9.17, 15) is 4.79 Å². The van der Waals surface area contributed by atoms with Gasteiger partial charge in [-0.2, -0.15) is 0 Å². The standard InChI is InChI=1S/C10H17NO2/c1-5-7(4)9-8(6(2)3)11-10(12)13-9/h5-9H,1H2,2-4H3,(H,11,12)/t7-,8-,9+/m0/s1. The molecule has 0 bridgehead atoms. The summed E-state index contributed by atoms with van der Waals surface area (Å²) in [5, 5.41) is 2.81. The summed E-state index contributed by atoms with van der Waals surface area (Å²) in [7, 11) is 0. The van der Waals surface area contributed by atoms with Gasteiger partial charge in [-0.05, 0) is 5.92 Å². The number of hydrogen-bond acceptors (Lipinski definition) is 2. The number of amides is 1. The first kappa shape index (κ1) is 10.1. The number of ether oxygens (including phenoxy) is 1. The average molecular weight is 183 g/mol.